The number of nitrogens with zero attached hydrogens (tertiary/aromatic N) is 1. The van der Waals surface area contributed by atoms with Crippen LogP contribution in [0.15, 0.2) is 24.3 Å². The second kappa shape index (κ2) is 8.14. The monoisotopic (exact) mass is 313 g/mol. The number of amides is 1. The third kappa shape index (κ3) is 4.69. The average Bonchev–Trinajstić information content (AvgIpc) is 2.42. The van der Waals surface area contributed by atoms with Crippen molar-refractivity contribution in [2.45, 2.75) is 19.8 Å². The van der Waals surface area contributed by atoms with Crippen molar-refractivity contribution in [3.05, 3.63) is 29.8 Å². The van der Waals surface area contributed by atoms with Gasteiger partial charge in [-0.05, 0) is 30.7 Å². The summed E-state index contributed by atoms with van der Waals surface area (Å²) in [4.78, 5) is 13.8. The normalized spacial score (nSPS) is 10.2. The summed E-state index contributed by atoms with van der Waals surface area (Å²) >= 11 is 3.30. The van der Waals surface area contributed by atoms with Gasteiger partial charge in [-0.25, -0.2) is 0 Å². The molecule has 1 aromatic rings. The van der Waals surface area contributed by atoms with E-state index in [1.807, 2.05) is 31.3 Å². The van der Waals surface area contributed by atoms with Crippen molar-refractivity contribution < 1.29 is 9.53 Å². The van der Waals surface area contributed by atoms with E-state index < -0.39 is 0 Å². The minimum Gasteiger partial charge on any atom is -0.493 e. The van der Waals surface area contributed by atoms with Crippen molar-refractivity contribution in [1.29, 1.82) is 0 Å². The summed E-state index contributed by atoms with van der Waals surface area (Å²) in [5.41, 5.74) is 0.708. The van der Waals surface area contributed by atoms with E-state index in [4.69, 9.17) is 4.74 Å². The summed E-state index contributed by atoms with van der Waals surface area (Å²) in [6, 6.07) is 7.30. The molecule has 0 aliphatic rings. The first-order chi connectivity index (χ1) is 8.69. The van der Waals surface area contributed by atoms with Gasteiger partial charge in [-0.2, -0.15) is 0 Å². The molecule has 0 aliphatic carbocycles. The van der Waals surface area contributed by atoms with Crippen LogP contribution in [0, 0.1) is 0 Å². The fraction of sp³-hybridized carbons (Fsp3) is 0.500. The Kier molecular flexibility index (Phi) is 6.80. The molecule has 0 fully saturated rings. The molecule has 1 rings (SSSR count). The molecule has 0 radical (unpaired) electrons. The number of hydrogen-bond donors (Lipinski definition) is 0. The summed E-state index contributed by atoms with van der Waals surface area (Å²) in [6.45, 7) is 3.55. The Morgan fingerprint density at radius 1 is 1.33 bits per heavy atom. The minimum absolute atomic E-state index is 0.0653. The summed E-state index contributed by atoms with van der Waals surface area (Å²) in [6.07, 6.45) is 2.13. The first-order valence-corrected chi connectivity index (χ1v) is 7.35. The van der Waals surface area contributed by atoms with E-state index in [1.54, 1.807) is 4.90 Å². The first-order valence-electron chi connectivity index (χ1n) is 6.23. The van der Waals surface area contributed by atoms with Crippen LogP contribution in [0.4, 0.5) is 0 Å². The van der Waals surface area contributed by atoms with Gasteiger partial charge in [-0.15, -0.1) is 0 Å². The van der Waals surface area contributed by atoms with Gasteiger partial charge in [0, 0.05) is 24.5 Å². The molecule has 0 unspecified atom stereocenters. The Bertz CT molecular complexity index is 365. The van der Waals surface area contributed by atoms with E-state index >= 15 is 0 Å². The Hall–Kier alpha value is -1.03. The first kappa shape index (κ1) is 15.0. The molecule has 3 nitrogen and oxygen atoms in total. The van der Waals surface area contributed by atoms with Crippen molar-refractivity contribution in [1.82, 2.24) is 4.90 Å². The molecule has 0 aromatic heterocycles. The topological polar surface area (TPSA) is 29.5 Å². The van der Waals surface area contributed by atoms with Crippen LogP contribution in [-0.4, -0.2) is 36.3 Å². The second-order valence-electron chi connectivity index (χ2n) is 4.14. The summed E-state index contributed by atoms with van der Waals surface area (Å²) in [7, 11) is 1.84. The highest BCUT2D eigenvalue weighted by atomic mass is 79.9. The third-order valence-electron chi connectivity index (χ3n) is 2.64. The minimum atomic E-state index is 0.0653. The number of carbonyl (C=O) groups is 1. The number of halogens is 1. The molecular weight excluding hydrogens is 294 g/mol. The number of rotatable bonds is 7. The van der Waals surface area contributed by atoms with E-state index in [-0.39, 0.29) is 5.91 Å². The molecule has 1 aromatic carbocycles. The number of alkyl halides is 1. The lowest BCUT2D eigenvalue weighted by atomic mass is 10.2. The Labute approximate surface area is 117 Å². The van der Waals surface area contributed by atoms with Crippen molar-refractivity contribution in [2.24, 2.45) is 0 Å². The molecule has 0 saturated carbocycles. The van der Waals surface area contributed by atoms with Crippen molar-refractivity contribution in [3.63, 3.8) is 0 Å². The lowest BCUT2D eigenvalue weighted by Gasteiger charge is -2.16. The van der Waals surface area contributed by atoms with Crippen LogP contribution >= 0.6 is 15.9 Å². The fourth-order valence-corrected chi connectivity index (χ4v) is 1.73. The highest BCUT2D eigenvalue weighted by molar-refractivity contribution is 9.09. The van der Waals surface area contributed by atoms with Gasteiger partial charge < -0.3 is 9.64 Å². The van der Waals surface area contributed by atoms with Gasteiger partial charge in [0.05, 0.1) is 6.61 Å². The Morgan fingerprint density at radius 3 is 2.56 bits per heavy atom. The van der Waals surface area contributed by atoms with E-state index in [0.717, 1.165) is 30.5 Å². The molecule has 0 spiro atoms. The van der Waals surface area contributed by atoms with Crippen molar-refractivity contribution in [2.75, 3.05) is 25.5 Å². The van der Waals surface area contributed by atoms with E-state index in [9.17, 15) is 4.79 Å². The van der Waals surface area contributed by atoms with Gasteiger partial charge in [0.1, 0.15) is 5.75 Å². The maximum absolute atomic E-state index is 12.1. The van der Waals surface area contributed by atoms with Crippen LogP contribution in [0.25, 0.3) is 0 Å². The van der Waals surface area contributed by atoms with Crippen LogP contribution in [0.3, 0.4) is 0 Å². The lowest BCUT2D eigenvalue weighted by Crippen LogP contribution is -2.27. The summed E-state index contributed by atoms with van der Waals surface area (Å²) < 4.78 is 5.44. The molecule has 4 heteroatoms. The number of benzene rings is 1. The van der Waals surface area contributed by atoms with Crippen LogP contribution in [0.1, 0.15) is 30.1 Å². The number of carbonyl (C=O) groups excluding carboxylic acids is 1. The van der Waals surface area contributed by atoms with E-state index in [1.165, 1.54) is 0 Å². The molecule has 0 N–H and O–H groups in total. The quantitative estimate of drug-likeness (QED) is 0.723. The zero-order valence-electron chi connectivity index (χ0n) is 11.0. The standard InChI is InChI=1S/C14H20BrNO2/c1-3-4-10-16(2)14(17)12-5-7-13(8-6-12)18-11-9-15/h5-8H,3-4,9-11H2,1-2H3. The van der Waals surface area contributed by atoms with Gasteiger partial charge in [0.15, 0.2) is 0 Å². The summed E-state index contributed by atoms with van der Waals surface area (Å²) in [5.74, 6) is 0.859. The zero-order chi connectivity index (χ0) is 13.4. The van der Waals surface area contributed by atoms with E-state index in [2.05, 4.69) is 22.9 Å². The number of ether oxygens (including phenoxy) is 1. The Balaban J connectivity index is 2.58. The van der Waals surface area contributed by atoms with Gasteiger partial charge in [0.2, 0.25) is 0 Å². The number of hydrogen-bond acceptors (Lipinski definition) is 2. The molecule has 1 amide bonds. The lowest BCUT2D eigenvalue weighted by molar-refractivity contribution is 0.0793. The zero-order valence-corrected chi connectivity index (χ0v) is 12.6. The highest BCUT2D eigenvalue weighted by Crippen LogP contribution is 2.13. The Morgan fingerprint density at radius 2 is 2.00 bits per heavy atom. The maximum atomic E-state index is 12.1. The van der Waals surface area contributed by atoms with Gasteiger partial charge in [-0.1, -0.05) is 29.3 Å². The summed E-state index contributed by atoms with van der Waals surface area (Å²) in [5, 5.41) is 0.799. The molecule has 0 atom stereocenters. The smallest absolute Gasteiger partial charge is 0.253 e. The number of unbranched alkanes of at least 4 members (excludes halogenated alkanes) is 1. The fourth-order valence-electron chi connectivity index (χ4n) is 1.57. The van der Waals surface area contributed by atoms with E-state index in [0.29, 0.717) is 12.2 Å². The van der Waals surface area contributed by atoms with Crippen LogP contribution in [-0.2, 0) is 0 Å². The maximum Gasteiger partial charge on any atom is 0.253 e. The predicted octanol–water partition coefficient (Wildman–Crippen LogP) is 3.33. The van der Waals surface area contributed by atoms with Gasteiger partial charge in [-0.3, -0.25) is 4.79 Å². The average molecular weight is 314 g/mol. The molecule has 18 heavy (non-hydrogen) atoms. The molecule has 0 saturated heterocycles. The third-order valence-corrected chi connectivity index (χ3v) is 2.96. The largest absolute Gasteiger partial charge is 0.493 e. The SMILES string of the molecule is CCCCN(C)C(=O)c1ccc(OCCBr)cc1. The van der Waals surface area contributed by atoms with Crippen molar-refractivity contribution >= 4 is 21.8 Å². The molecule has 0 heterocycles. The molecule has 0 aliphatic heterocycles. The molecular formula is C14H20BrNO2. The predicted molar refractivity (Wildman–Crippen MR) is 77.6 cm³/mol. The van der Waals surface area contributed by atoms with Crippen LogP contribution in [0.5, 0.6) is 5.75 Å². The second-order valence-corrected chi connectivity index (χ2v) is 4.94. The molecule has 0 bridgehead atoms. The molecule has 100 valence electrons. The van der Waals surface area contributed by atoms with Crippen LogP contribution < -0.4 is 4.74 Å². The van der Waals surface area contributed by atoms with Gasteiger partial charge in [0.25, 0.3) is 5.91 Å². The van der Waals surface area contributed by atoms with Gasteiger partial charge >= 0.3 is 0 Å². The van der Waals surface area contributed by atoms with Crippen LogP contribution in [0.2, 0.25) is 0 Å². The van der Waals surface area contributed by atoms with Crippen molar-refractivity contribution in [3.8, 4) is 5.75 Å². The highest BCUT2D eigenvalue weighted by Gasteiger charge is 2.10.